The molecule has 2 aromatic carbocycles. The van der Waals surface area contributed by atoms with Gasteiger partial charge in [-0.05, 0) is 24.0 Å². The van der Waals surface area contributed by atoms with Crippen LogP contribution >= 0.6 is 34.8 Å². The van der Waals surface area contributed by atoms with Crippen LogP contribution in [0.15, 0.2) is 24.3 Å². The Hall–Kier alpha value is -1.91. The Bertz CT molecular complexity index is 864. The first-order valence-electron chi connectivity index (χ1n) is 7.17. The minimum Gasteiger partial charge on any atom is -0.454 e. The van der Waals surface area contributed by atoms with Gasteiger partial charge < -0.3 is 4.74 Å². The molecule has 24 heavy (non-hydrogen) atoms. The molecular weight excluding hydrogens is 367 g/mol. The predicted octanol–water partition coefficient (Wildman–Crippen LogP) is 6.38. The van der Waals surface area contributed by atoms with Crippen molar-refractivity contribution in [2.24, 2.45) is 5.92 Å². The number of para-hydroxylation sites is 1. The fourth-order valence-corrected chi connectivity index (χ4v) is 3.03. The van der Waals surface area contributed by atoms with Crippen molar-refractivity contribution in [1.29, 1.82) is 10.5 Å². The Labute approximate surface area is 155 Å². The Morgan fingerprint density at radius 2 is 1.54 bits per heavy atom. The van der Waals surface area contributed by atoms with Crippen molar-refractivity contribution < 1.29 is 4.74 Å². The highest BCUT2D eigenvalue weighted by molar-refractivity contribution is 6.46. The van der Waals surface area contributed by atoms with Crippen LogP contribution in [0.5, 0.6) is 11.5 Å². The zero-order chi connectivity index (χ0) is 17.9. The minimum atomic E-state index is -0.0583. The summed E-state index contributed by atoms with van der Waals surface area (Å²) in [6, 6.07) is 11.2. The second-order valence-electron chi connectivity index (χ2n) is 5.55. The van der Waals surface area contributed by atoms with Gasteiger partial charge >= 0.3 is 0 Å². The molecule has 0 aliphatic rings. The quantitative estimate of drug-likeness (QED) is 0.579. The first-order valence-corrected chi connectivity index (χ1v) is 8.30. The second kappa shape index (κ2) is 7.77. The zero-order valence-electron chi connectivity index (χ0n) is 13.0. The van der Waals surface area contributed by atoms with Crippen LogP contribution in [-0.4, -0.2) is 0 Å². The lowest BCUT2D eigenvalue weighted by Crippen LogP contribution is -1.99. The SMILES string of the molecule is CC(C)Cc1ccccc1Oc1c(Cl)c(Cl)c(C#N)c(C#N)c1Cl. The van der Waals surface area contributed by atoms with E-state index in [0.717, 1.165) is 12.0 Å². The van der Waals surface area contributed by atoms with Crippen molar-refractivity contribution in [3.8, 4) is 23.6 Å². The van der Waals surface area contributed by atoms with Crippen molar-refractivity contribution in [1.82, 2.24) is 0 Å². The number of nitriles is 2. The highest BCUT2D eigenvalue weighted by Gasteiger charge is 2.23. The van der Waals surface area contributed by atoms with E-state index in [2.05, 4.69) is 13.8 Å². The molecule has 0 aromatic heterocycles. The van der Waals surface area contributed by atoms with Gasteiger partial charge in [0.25, 0.3) is 0 Å². The molecule has 0 bridgehead atoms. The number of benzene rings is 2. The lowest BCUT2D eigenvalue weighted by molar-refractivity contribution is 0.471. The smallest absolute Gasteiger partial charge is 0.167 e. The first kappa shape index (κ1) is 18.4. The molecule has 3 nitrogen and oxygen atoms in total. The Kier molecular flexibility index (Phi) is 5.97. The van der Waals surface area contributed by atoms with Gasteiger partial charge in [0.2, 0.25) is 0 Å². The molecule has 0 aliphatic heterocycles. The molecule has 0 unspecified atom stereocenters. The van der Waals surface area contributed by atoms with Gasteiger partial charge in [0.15, 0.2) is 5.75 Å². The summed E-state index contributed by atoms with van der Waals surface area (Å²) < 4.78 is 5.89. The third-order valence-corrected chi connectivity index (χ3v) is 4.51. The number of hydrogen-bond donors (Lipinski definition) is 0. The van der Waals surface area contributed by atoms with E-state index in [1.807, 2.05) is 30.3 Å². The van der Waals surface area contributed by atoms with Gasteiger partial charge in [-0.1, -0.05) is 66.8 Å². The molecule has 0 spiro atoms. The van der Waals surface area contributed by atoms with Crippen LogP contribution in [0.1, 0.15) is 30.5 Å². The highest BCUT2D eigenvalue weighted by atomic mass is 35.5. The molecule has 2 rings (SSSR count). The van der Waals surface area contributed by atoms with E-state index < -0.39 is 0 Å². The van der Waals surface area contributed by atoms with Gasteiger partial charge in [-0.2, -0.15) is 10.5 Å². The van der Waals surface area contributed by atoms with E-state index in [0.29, 0.717) is 11.7 Å². The average Bonchev–Trinajstić information content (AvgIpc) is 2.55. The van der Waals surface area contributed by atoms with Crippen molar-refractivity contribution in [3.63, 3.8) is 0 Å². The standard InChI is InChI=1S/C18H13Cl3N2O/c1-10(2)7-11-5-3-4-6-14(11)24-18-16(20)13(9-23)12(8-22)15(19)17(18)21/h3-6,10H,7H2,1-2H3. The third-order valence-electron chi connectivity index (χ3n) is 3.32. The molecule has 0 aliphatic carbocycles. The highest BCUT2D eigenvalue weighted by Crippen LogP contribution is 2.45. The summed E-state index contributed by atoms with van der Waals surface area (Å²) in [5.74, 6) is 1.09. The number of hydrogen-bond acceptors (Lipinski definition) is 3. The first-order chi connectivity index (χ1) is 11.4. The zero-order valence-corrected chi connectivity index (χ0v) is 15.3. The molecule has 0 amide bonds. The molecule has 2 aromatic rings. The lowest BCUT2D eigenvalue weighted by atomic mass is 10.0. The molecule has 0 radical (unpaired) electrons. The minimum absolute atomic E-state index is 0.0107. The monoisotopic (exact) mass is 378 g/mol. The van der Waals surface area contributed by atoms with Gasteiger partial charge in [-0.3, -0.25) is 0 Å². The summed E-state index contributed by atoms with van der Waals surface area (Å²) in [5, 5.41) is 18.4. The van der Waals surface area contributed by atoms with E-state index in [1.165, 1.54) is 0 Å². The Morgan fingerprint density at radius 1 is 0.958 bits per heavy atom. The van der Waals surface area contributed by atoms with Crippen LogP contribution in [0.4, 0.5) is 0 Å². The van der Waals surface area contributed by atoms with E-state index >= 15 is 0 Å². The van der Waals surface area contributed by atoms with Crippen LogP contribution < -0.4 is 4.74 Å². The van der Waals surface area contributed by atoms with Crippen molar-refractivity contribution in [3.05, 3.63) is 56.0 Å². The Morgan fingerprint density at radius 3 is 2.12 bits per heavy atom. The van der Waals surface area contributed by atoms with Crippen LogP contribution in [-0.2, 0) is 6.42 Å². The van der Waals surface area contributed by atoms with Crippen LogP contribution in [0, 0.1) is 28.6 Å². The van der Waals surface area contributed by atoms with Gasteiger partial charge in [0.05, 0.1) is 16.1 Å². The summed E-state index contributed by atoms with van der Waals surface area (Å²) in [6.45, 7) is 4.20. The molecule has 6 heteroatoms. The fourth-order valence-electron chi connectivity index (χ4n) is 2.26. The predicted molar refractivity (Wildman–Crippen MR) is 96.0 cm³/mol. The third kappa shape index (κ3) is 3.60. The van der Waals surface area contributed by atoms with Crippen molar-refractivity contribution >= 4 is 34.8 Å². The second-order valence-corrected chi connectivity index (χ2v) is 6.69. The summed E-state index contributed by atoms with van der Waals surface area (Å²) in [5.41, 5.74) is 0.875. The van der Waals surface area contributed by atoms with E-state index in [1.54, 1.807) is 6.07 Å². The number of nitrogens with zero attached hydrogens (tertiary/aromatic N) is 2. The number of ether oxygens (including phenoxy) is 1. The number of rotatable bonds is 4. The van der Waals surface area contributed by atoms with Gasteiger partial charge in [0.1, 0.15) is 27.9 Å². The van der Waals surface area contributed by atoms with Crippen LogP contribution in [0.2, 0.25) is 15.1 Å². The van der Waals surface area contributed by atoms with Gasteiger partial charge in [-0.15, -0.1) is 0 Å². The topological polar surface area (TPSA) is 56.8 Å². The molecule has 0 saturated carbocycles. The van der Waals surface area contributed by atoms with Crippen LogP contribution in [0.25, 0.3) is 0 Å². The van der Waals surface area contributed by atoms with E-state index in [4.69, 9.17) is 44.8 Å². The molecular formula is C18H13Cl3N2O. The largest absolute Gasteiger partial charge is 0.454 e. The molecule has 122 valence electrons. The van der Waals surface area contributed by atoms with Crippen molar-refractivity contribution in [2.75, 3.05) is 0 Å². The van der Waals surface area contributed by atoms with Crippen molar-refractivity contribution in [2.45, 2.75) is 20.3 Å². The van der Waals surface area contributed by atoms with Gasteiger partial charge in [-0.25, -0.2) is 0 Å². The lowest BCUT2D eigenvalue weighted by Gasteiger charge is -2.16. The maximum Gasteiger partial charge on any atom is 0.167 e. The van der Waals surface area contributed by atoms with Gasteiger partial charge in [0, 0.05) is 0 Å². The van der Waals surface area contributed by atoms with Crippen LogP contribution in [0.3, 0.4) is 0 Å². The summed E-state index contributed by atoms with van der Waals surface area (Å²) in [4.78, 5) is 0. The Balaban J connectivity index is 2.59. The molecule has 0 heterocycles. The molecule has 0 saturated heterocycles. The van der Waals surface area contributed by atoms with E-state index in [9.17, 15) is 5.26 Å². The summed E-state index contributed by atoms with van der Waals surface area (Å²) in [6.07, 6.45) is 0.806. The average molecular weight is 380 g/mol. The summed E-state index contributed by atoms with van der Waals surface area (Å²) >= 11 is 18.6. The molecule has 0 N–H and O–H groups in total. The molecule has 0 atom stereocenters. The maximum absolute atomic E-state index is 9.27. The van der Waals surface area contributed by atoms with E-state index in [-0.39, 0.29) is 31.9 Å². The molecule has 0 fully saturated rings. The fraction of sp³-hybridized carbons (Fsp3) is 0.222. The normalized spacial score (nSPS) is 10.3. The number of halogens is 3. The maximum atomic E-state index is 9.27. The summed E-state index contributed by atoms with van der Waals surface area (Å²) in [7, 11) is 0.